The van der Waals surface area contributed by atoms with E-state index in [9.17, 15) is 115 Å². The van der Waals surface area contributed by atoms with Crippen LogP contribution in [-0.4, -0.2) is 241 Å². The van der Waals surface area contributed by atoms with Crippen LogP contribution in [0.1, 0.15) is 319 Å². The Morgan fingerprint density at radius 1 is 0.376 bits per heavy atom. The van der Waals surface area contributed by atoms with Gasteiger partial charge < -0.3 is 96.6 Å². The van der Waals surface area contributed by atoms with E-state index in [2.05, 4.69) is 61.0 Å². The van der Waals surface area contributed by atoms with E-state index in [4.69, 9.17) is 56.8 Å². The molecule has 5 heterocycles. The van der Waals surface area contributed by atoms with Crippen LogP contribution in [0.3, 0.4) is 0 Å². The predicted molar refractivity (Wildman–Crippen MR) is 485 cm³/mol. The van der Waals surface area contributed by atoms with Crippen LogP contribution in [0, 0.1) is 41.4 Å². The standard InChI is InChI=1S/C21H31F5O5.C21H34F2O5.C20H27F5O5.C20H34O5.C19H29F3O5/c1-6-18(7-2,14-9-8-10-15(11-14)30-16(27)13(3)4)31-17(5)12-29-20(28,19(17,22)23)21(24,25)26;1-7-20(8-2,28-18(5)13-26-19(6,25)21(18,22)23)15-9-11-16(12-10-15)27-17(24)14(3)4;1-10(2)15(26)29-14-12-7-6-11(8-12)13(14)16(3,4)30-17(5)9-28-19(27,18(17,21)22)20(23,24)25;1-7-20(8-2,25-18(5)12-19(6,22)23-13-18)15-9-10-16(11-15)24-17(21)14(3)4;1-5-17(6-2,14-8-7-9-15(14)26-16(23)12(3)4)27-13-10-18(24,25-11-13)19(20,21)22/h14-15,28H,3,6-12H2,1-2,4-5H3;15-16,25H,3,7-13H2,1-2,4-6H3;11-14,27H,1,6-9H2,2-5H3;15-16,22H,3,7-13H2,1-2,4-6H3;13-15,24H,3,5-11H2,1-2,4H3. The smallest absolute Gasteiger partial charge is 0.449 e. The Kier molecular flexibility index (Phi) is 39.1. The van der Waals surface area contributed by atoms with Gasteiger partial charge in [-0.1, -0.05) is 88.3 Å². The lowest BCUT2D eigenvalue weighted by molar-refractivity contribution is -0.413. The van der Waals surface area contributed by atoms with Gasteiger partial charge in [-0.15, -0.1) is 0 Å². The summed E-state index contributed by atoms with van der Waals surface area (Å²) in [6.45, 7) is 49.2. The van der Waals surface area contributed by atoms with Crippen molar-refractivity contribution in [2.75, 3.05) is 33.0 Å². The summed E-state index contributed by atoms with van der Waals surface area (Å²) in [4.78, 5) is 59.5. The van der Waals surface area contributed by atoms with E-state index in [-0.39, 0.29) is 96.7 Å². The quantitative estimate of drug-likeness (QED) is 0.0176. The van der Waals surface area contributed by atoms with Gasteiger partial charge >= 0.3 is 77.7 Å². The highest BCUT2D eigenvalue weighted by atomic mass is 19.4. The molecule has 25 nitrogen and oxygen atoms in total. The predicted octanol–water partition coefficient (Wildman–Crippen LogP) is 20.9. The average molecular weight is 2050 g/mol. The lowest BCUT2D eigenvalue weighted by Crippen LogP contribution is -2.65. The number of hydrogen-bond acceptors (Lipinski definition) is 25. The van der Waals surface area contributed by atoms with E-state index in [0.717, 1.165) is 78.6 Å². The van der Waals surface area contributed by atoms with Crippen LogP contribution < -0.4 is 0 Å². The van der Waals surface area contributed by atoms with Crippen molar-refractivity contribution in [2.45, 2.75) is 471 Å². The van der Waals surface area contributed by atoms with Crippen molar-refractivity contribution < 1.29 is 186 Å². The summed E-state index contributed by atoms with van der Waals surface area (Å²) in [7, 11) is 0. The fourth-order valence-electron chi connectivity index (χ4n) is 23.2. The zero-order valence-corrected chi connectivity index (χ0v) is 85.7. The van der Waals surface area contributed by atoms with Crippen LogP contribution in [0.15, 0.2) is 60.8 Å². The summed E-state index contributed by atoms with van der Waals surface area (Å²) in [6, 6.07) is 0. The maximum Gasteiger partial charge on any atom is 0.449 e. The maximum atomic E-state index is 14.9. The van der Waals surface area contributed by atoms with E-state index in [1.165, 1.54) is 34.6 Å². The first-order valence-electron chi connectivity index (χ1n) is 49.4. The van der Waals surface area contributed by atoms with E-state index >= 15 is 0 Å². The number of esters is 5. The van der Waals surface area contributed by atoms with Gasteiger partial charge in [0.15, 0.2) is 22.6 Å². The van der Waals surface area contributed by atoms with Crippen molar-refractivity contribution in [3.05, 3.63) is 60.8 Å². The minimum Gasteiger partial charge on any atom is -0.459 e. The topological polar surface area (TPSA) is 325 Å². The van der Waals surface area contributed by atoms with E-state index in [0.29, 0.717) is 126 Å². The molecule has 0 spiro atoms. The second-order valence-corrected chi connectivity index (χ2v) is 42.7. The first kappa shape index (κ1) is 122. The molecule has 20 atom stereocenters. The van der Waals surface area contributed by atoms with Crippen LogP contribution >= 0.6 is 0 Å². The third-order valence-electron chi connectivity index (χ3n) is 31.5. The minimum atomic E-state index is -5.71. The number of fused-ring (bicyclic) bond motifs is 2. The summed E-state index contributed by atoms with van der Waals surface area (Å²) < 4.78 is 289. The van der Waals surface area contributed by atoms with Crippen LogP contribution in [-0.2, 0) is 95.0 Å². The van der Waals surface area contributed by atoms with Gasteiger partial charge in [-0.3, -0.25) is 0 Å². The Morgan fingerprint density at radius 3 is 1.16 bits per heavy atom. The molecule has 6 aliphatic carbocycles. The zero-order chi connectivity index (χ0) is 108. The molecule has 0 radical (unpaired) electrons. The monoisotopic (exact) mass is 2050 g/mol. The maximum absolute atomic E-state index is 14.9. The summed E-state index contributed by atoms with van der Waals surface area (Å²) in [5, 5.41) is 49.2. The van der Waals surface area contributed by atoms with Gasteiger partial charge in [0.2, 0.25) is 5.79 Å². The van der Waals surface area contributed by atoms with E-state index in [1.807, 2.05) is 34.6 Å². The molecular formula is C101H155F15O25. The van der Waals surface area contributed by atoms with Crippen LogP contribution in [0.5, 0.6) is 0 Å². The lowest BCUT2D eigenvalue weighted by Gasteiger charge is -2.48. The highest BCUT2D eigenvalue weighted by Crippen LogP contribution is 2.63. The molecule has 2 bridgehead atoms. The number of aliphatic hydroxyl groups is 5. The molecule has 141 heavy (non-hydrogen) atoms. The van der Waals surface area contributed by atoms with Gasteiger partial charge in [-0.05, 0) is 280 Å². The van der Waals surface area contributed by atoms with E-state index in [1.54, 1.807) is 41.5 Å². The molecule has 0 aromatic carbocycles. The van der Waals surface area contributed by atoms with Gasteiger partial charge in [0.1, 0.15) is 30.5 Å². The lowest BCUT2D eigenvalue weighted by atomic mass is 9.72. The molecule has 0 aromatic heterocycles. The highest BCUT2D eigenvalue weighted by molar-refractivity contribution is 5.89. The Bertz CT molecular complexity index is 4320. The second-order valence-electron chi connectivity index (χ2n) is 42.7. The van der Waals surface area contributed by atoms with Gasteiger partial charge in [-0.2, -0.15) is 65.9 Å². The van der Waals surface area contributed by atoms with Crippen LogP contribution in [0.4, 0.5) is 65.9 Å². The number of halogens is 15. The summed E-state index contributed by atoms with van der Waals surface area (Å²) >= 11 is 0. The van der Waals surface area contributed by atoms with Gasteiger partial charge in [0.25, 0.3) is 5.79 Å². The normalized spacial score (nSPS) is 35.6. The molecule has 11 rings (SSSR count). The Balaban J connectivity index is 0.000000240. The first-order valence-corrected chi connectivity index (χ1v) is 49.4. The zero-order valence-electron chi connectivity index (χ0n) is 85.7. The van der Waals surface area contributed by atoms with Crippen molar-refractivity contribution in [3.8, 4) is 0 Å². The number of alkyl halides is 15. The summed E-state index contributed by atoms with van der Waals surface area (Å²) in [5.74, 6) is -32.1. The molecule has 6 saturated carbocycles. The number of carbonyl (C=O) groups is 5. The van der Waals surface area contributed by atoms with Crippen molar-refractivity contribution in [1.29, 1.82) is 0 Å². The van der Waals surface area contributed by atoms with Crippen LogP contribution in [0.25, 0.3) is 0 Å². The van der Waals surface area contributed by atoms with Crippen molar-refractivity contribution in [1.82, 2.24) is 0 Å². The van der Waals surface area contributed by atoms with Gasteiger partial charge in [-0.25, -0.2) is 24.0 Å². The average Bonchev–Trinajstić information content (AvgIpc) is 1.55. The van der Waals surface area contributed by atoms with E-state index < -0.39 is 178 Å². The number of rotatable bonds is 33. The molecule has 5 aliphatic heterocycles. The van der Waals surface area contributed by atoms with Gasteiger partial charge in [0, 0.05) is 52.5 Å². The molecule has 5 N–H and O–H groups in total. The number of carbonyl (C=O) groups excluding carboxylic acids is 5. The van der Waals surface area contributed by atoms with Crippen molar-refractivity contribution in [3.63, 3.8) is 0 Å². The Morgan fingerprint density at radius 2 is 0.752 bits per heavy atom. The third kappa shape index (κ3) is 25.6. The summed E-state index contributed by atoms with van der Waals surface area (Å²) in [6.07, 6.45) is -2.48. The summed E-state index contributed by atoms with van der Waals surface area (Å²) in [5.41, 5.74) is -10.7. The number of hydrogen-bond donors (Lipinski definition) is 5. The Hall–Kier alpha value is -5.60. The molecule has 0 amide bonds. The fraction of sp³-hybridized carbons (Fsp3) is 0.851. The fourth-order valence-corrected chi connectivity index (χ4v) is 23.2. The SMILES string of the molecule is C=C(C)C(=O)OC1C2CCC(C2)C1C(C)(C)OC1(C)COC(O)(C(F)(F)F)C1(F)F.C=C(C)C(=O)OC1CCC(C(CC)(CC)OC2(C)COC(C)(O)C2(F)F)CC1.C=C(C)C(=O)OC1CCC(C(CC)(CC)OC2(C)COC(C)(O)C2)C1.C=C(C)C(=O)OC1CCCC(C(CC)(CC)OC2(C)COC(O)(C(F)(F)F)C2(F)F)C1.C=C(C)C(=O)OC1CCCC1C(CC)(CC)OC1COC(O)(C(F)(F)F)C1. The minimum absolute atomic E-state index is 0.00830. The third-order valence-corrected chi connectivity index (χ3v) is 31.5. The largest absolute Gasteiger partial charge is 0.459 e. The highest BCUT2D eigenvalue weighted by Gasteiger charge is 2.84. The molecule has 814 valence electrons. The number of ether oxygens (including phenoxy) is 15. The van der Waals surface area contributed by atoms with Crippen molar-refractivity contribution in [2.24, 2.45) is 41.4 Å². The molecule has 20 unspecified atom stereocenters. The molecule has 40 heteroatoms. The van der Waals surface area contributed by atoms with Crippen molar-refractivity contribution >= 4 is 29.8 Å². The van der Waals surface area contributed by atoms with Gasteiger partial charge in [0.05, 0.1) is 72.7 Å². The van der Waals surface area contributed by atoms with Crippen LogP contribution in [0.2, 0.25) is 0 Å². The molecular weight excluding hydrogens is 1900 g/mol. The molecule has 11 aliphatic rings. The molecule has 11 fully saturated rings. The second kappa shape index (κ2) is 45.1. The molecule has 0 aromatic rings. The molecule has 5 saturated heterocycles. The Labute approximate surface area is 819 Å². The first-order chi connectivity index (χ1) is 64.4.